The van der Waals surface area contributed by atoms with Crippen molar-refractivity contribution in [2.75, 3.05) is 0 Å². The van der Waals surface area contributed by atoms with E-state index < -0.39 is 16.5 Å². The molecular weight excluding hydrogens is 244 g/mol. The van der Waals surface area contributed by atoms with Gasteiger partial charge >= 0.3 is 0 Å². The number of halogens is 3. The van der Waals surface area contributed by atoms with Crippen LogP contribution in [-0.2, 0) is 0 Å². The third-order valence-corrected chi connectivity index (χ3v) is 2.35. The van der Waals surface area contributed by atoms with Crippen LogP contribution in [0.1, 0.15) is 5.82 Å². The summed E-state index contributed by atoms with van der Waals surface area (Å²) in [5.41, 5.74) is -0.702. The van der Waals surface area contributed by atoms with Crippen molar-refractivity contribution in [2.45, 2.75) is 6.92 Å². The van der Waals surface area contributed by atoms with Crippen LogP contribution in [-0.4, -0.2) is 15.0 Å². The van der Waals surface area contributed by atoms with Gasteiger partial charge in [0.25, 0.3) is 5.56 Å². The first-order chi connectivity index (χ1) is 7.00. The highest BCUT2D eigenvalue weighted by Crippen LogP contribution is 2.24. The minimum Gasteiger partial charge on any atom is -0.310 e. The van der Waals surface area contributed by atoms with Crippen molar-refractivity contribution >= 4 is 34.1 Å². The standard InChI is InChI=1S/C8H4Cl2FN3O/c1-2-12-5-3(8(15)13-2)6(9)14-7(10)4(5)11/h1H3,(H,12,13,15). The number of aromatic nitrogens is 3. The SMILES string of the molecule is Cc1nc2c(F)c(Cl)nc(Cl)c2c(=O)[nH]1. The van der Waals surface area contributed by atoms with E-state index in [1.165, 1.54) is 6.92 Å². The molecule has 0 aliphatic heterocycles. The minimum atomic E-state index is -0.842. The zero-order valence-electron chi connectivity index (χ0n) is 7.44. The summed E-state index contributed by atoms with van der Waals surface area (Å²) in [5.74, 6) is -0.560. The molecule has 0 radical (unpaired) electrons. The molecule has 0 fully saturated rings. The third-order valence-electron chi connectivity index (χ3n) is 1.83. The average Bonchev–Trinajstić information content (AvgIpc) is 2.12. The Bertz CT molecular complexity index is 611. The van der Waals surface area contributed by atoms with E-state index in [0.29, 0.717) is 0 Å². The molecule has 78 valence electrons. The maximum Gasteiger partial charge on any atom is 0.262 e. The van der Waals surface area contributed by atoms with Gasteiger partial charge in [0, 0.05) is 0 Å². The van der Waals surface area contributed by atoms with E-state index >= 15 is 0 Å². The van der Waals surface area contributed by atoms with Crippen LogP contribution in [0.2, 0.25) is 10.3 Å². The van der Waals surface area contributed by atoms with Gasteiger partial charge in [-0.2, -0.15) is 0 Å². The molecule has 2 rings (SSSR count). The summed E-state index contributed by atoms with van der Waals surface area (Å²) >= 11 is 11.1. The predicted octanol–water partition coefficient (Wildman–Crippen LogP) is 2.07. The fraction of sp³-hybridized carbons (Fsp3) is 0.125. The van der Waals surface area contributed by atoms with E-state index in [1.54, 1.807) is 0 Å². The number of hydrogen-bond acceptors (Lipinski definition) is 3. The normalized spacial score (nSPS) is 10.9. The lowest BCUT2D eigenvalue weighted by Crippen LogP contribution is -2.12. The molecule has 0 saturated carbocycles. The van der Waals surface area contributed by atoms with Gasteiger partial charge in [0.1, 0.15) is 21.9 Å². The van der Waals surface area contributed by atoms with Crippen LogP contribution in [0.3, 0.4) is 0 Å². The molecule has 1 N–H and O–H groups in total. The Morgan fingerprint density at radius 2 is 1.93 bits per heavy atom. The zero-order valence-corrected chi connectivity index (χ0v) is 8.95. The summed E-state index contributed by atoms with van der Waals surface area (Å²) in [6.45, 7) is 1.53. The lowest BCUT2D eigenvalue weighted by molar-refractivity contribution is 0.630. The molecule has 2 aromatic heterocycles. The van der Waals surface area contributed by atoms with Crippen molar-refractivity contribution in [3.05, 3.63) is 32.3 Å². The summed E-state index contributed by atoms with van der Waals surface area (Å²) in [5, 5.41) is -0.653. The number of aryl methyl sites for hydroxylation is 1. The monoisotopic (exact) mass is 247 g/mol. The number of nitrogens with zero attached hydrogens (tertiary/aromatic N) is 2. The number of H-pyrrole nitrogens is 1. The van der Waals surface area contributed by atoms with E-state index in [-0.39, 0.29) is 21.9 Å². The van der Waals surface area contributed by atoms with E-state index in [9.17, 15) is 9.18 Å². The average molecular weight is 248 g/mol. The number of aromatic amines is 1. The van der Waals surface area contributed by atoms with Crippen LogP contribution < -0.4 is 5.56 Å². The Kier molecular flexibility index (Phi) is 2.36. The van der Waals surface area contributed by atoms with Crippen molar-refractivity contribution < 1.29 is 4.39 Å². The van der Waals surface area contributed by atoms with Crippen molar-refractivity contribution in [3.8, 4) is 0 Å². The maximum atomic E-state index is 13.5. The van der Waals surface area contributed by atoms with Crippen LogP contribution in [0.4, 0.5) is 4.39 Å². The molecule has 0 aromatic carbocycles. The summed E-state index contributed by atoms with van der Waals surface area (Å²) in [4.78, 5) is 21.2. The number of nitrogens with one attached hydrogen (secondary N) is 1. The third kappa shape index (κ3) is 1.57. The van der Waals surface area contributed by atoms with Crippen LogP contribution in [0.5, 0.6) is 0 Å². The van der Waals surface area contributed by atoms with Gasteiger partial charge in [-0.15, -0.1) is 0 Å². The van der Waals surface area contributed by atoms with Crippen LogP contribution >= 0.6 is 23.2 Å². The van der Waals surface area contributed by atoms with E-state index in [2.05, 4.69) is 15.0 Å². The highest BCUT2D eigenvalue weighted by Gasteiger charge is 2.15. The quantitative estimate of drug-likeness (QED) is 0.726. The maximum absolute atomic E-state index is 13.5. The van der Waals surface area contributed by atoms with Gasteiger partial charge in [0.2, 0.25) is 0 Å². The lowest BCUT2D eigenvalue weighted by Gasteiger charge is -2.02. The molecule has 0 atom stereocenters. The van der Waals surface area contributed by atoms with Gasteiger partial charge in [-0.1, -0.05) is 23.2 Å². The molecule has 0 unspecified atom stereocenters. The molecule has 0 aliphatic carbocycles. The van der Waals surface area contributed by atoms with Gasteiger partial charge in [0.15, 0.2) is 11.0 Å². The first-order valence-electron chi connectivity index (χ1n) is 3.92. The predicted molar refractivity (Wildman–Crippen MR) is 54.9 cm³/mol. The number of pyridine rings is 1. The van der Waals surface area contributed by atoms with E-state index in [0.717, 1.165) is 0 Å². The highest BCUT2D eigenvalue weighted by atomic mass is 35.5. The fourth-order valence-electron chi connectivity index (χ4n) is 1.22. The molecule has 0 aliphatic rings. The van der Waals surface area contributed by atoms with Crippen LogP contribution in [0, 0.1) is 12.7 Å². The molecule has 0 bridgehead atoms. The molecule has 0 amide bonds. The van der Waals surface area contributed by atoms with Crippen LogP contribution in [0.15, 0.2) is 4.79 Å². The van der Waals surface area contributed by atoms with Crippen LogP contribution in [0.25, 0.3) is 10.9 Å². The topological polar surface area (TPSA) is 58.6 Å². The van der Waals surface area contributed by atoms with E-state index in [4.69, 9.17) is 23.2 Å². The molecule has 4 nitrogen and oxygen atoms in total. The van der Waals surface area contributed by atoms with Gasteiger partial charge in [-0.05, 0) is 6.92 Å². The highest BCUT2D eigenvalue weighted by molar-refractivity contribution is 6.36. The summed E-state index contributed by atoms with van der Waals surface area (Å²) < 4.78 is 13.5. The zero-order chi connectivity index (χ0) is 11.2. The van der Waals surface area contributed by atoms with Gasteiger partial charge in [-0.3, -0.25) is 4.79 Å². The first kappa shape index (κ1) is 10.3. The van der Waals surface area contributed by atoms with Crippen molar-refractivity contribution in [3.63, 3.8) is 0 Å². The molecule has 0 saturated heterocycles. The Hall–Kier alpha value is -1.20. The van der Waals surface area contributed by atoms with Crippen molar-refractivity contribution in [1.29, 1.82) is 0 Å². The largest absolute Gasteiger partial charge is 0.310 e. The summed E-state index contributed by atoms with van der Waals surface area (Å²) in [6.07, 6.45) is 0. The number of fused-ring (bicyclic) bond motifs is 1. The molecule has 15 heavy (non-hydrogen) atoms. The second kappa shape index (κ2) is 3.43. The van der Waals surface area contributed by atoms with Gasteiger partial charge in [0.05, 0.1) is 0 Å². The number of hydrogen-bond donors (Lipinski definition) is 1. The van der Waals surface area contributed by atoms with Crippen molar-refractivity contribution in [2.24, 2.45) is 0 Å². The van der Waals surface area contributed by atoms with E-state index in [1.807, 2.05) is 0 Å². The Morgan fingerprint density at radius 3 is 2.60 bits per heavy atom. The van der Waals surface area contributed by atoms with Gasteiger partial charge in [-0.25, -0.2) is 14.4 Å². The number of rotatable bonds is 0. The lowest BCUT2D eigenvalue weighted by atomic mass is 10.3. The Labute approximate surface area is 93.1 Å². The smallest absolute Gasteiger partial charge is 0.262 e. The first-order valence-corrected chi connectivity index (χ1v) is 4.67. The van der Waals surface area contributed by atoms with Crippen molar-refractivity contribution in [1.82, 2.24) is 15.0 Å². The molecule has 7 heteroatoms. The minimum absolute atomic E-state index is 0.0934. The molecule has 0 spiro atoms. The van der Waals surface area contributed by atoms with Gasteiger partial charge < -0.3 is 4.98 Å². The molecule has 2 aromatic rings. The molecule has 2 heterocycles. The summed E-state index contributed by atoms with van der Waals surface area (Å²) in [6, 6.07) is 0. The Balaban J connectivity index is 3.10. The second-order valence-electron chi connectivity index (χ2n) is 2.88. The molecular formula is C8H4Cl2FN3O. The summed E-state index contributed by atoms with van der Waals surface area (Å²) in [7, 11) is 0. The Morgan fingerprint density at radius 1 is 1.27 bits per heavy atom. The second-order valence-corrected chi connectivity index (χ2v) is 3.60. The fourth-order valence-corrected chi connectivity index (χ4v) is 1.70.